The van der Waals surface area contributed by atoms with Gasteiger partial charge in [0.1, 0.15) is 6.10 Å². The van der Waals surface area contributed by atoms with Crippen LogP contribution in [0.5, 0.6) is 5.75 Å². The average molecular weight is 409 g/mol. The standard InChI is InChI=1S/C15H24FN3O.HI/c1-4-12(10-19-15(17)18-9-11(2)3)20-14-8-6-5-7-13(14)16;/h5-8,11-12H,4,9-10H2,1-3H3,(H3,17,18,19);1H. The van der Waals surface area contributed by atoms with Gasteiger partial charge >= 0.3 is 0 Å². The van der Waals surface area contributed by atoms with Crippen molar-refractivity contribution in [2.75, 3.05) is 13.1 Å². The molecule has 1 aromatic rings. The van der Waals surface area contributed by atoms with Crippen molar-refractivity contribution < 1.29 is 9.13 Å². The third kappa shape index (κ3) is 8.08. The van der Waals surface area contributed by atoms with E-state index in [2.05, 4.69) is 24.2 Å². The van der Waals surface area contributed by atoms with Crippen LogP contribution in [0.1, 0.15) is 27.2 Å². The van der Waals surface area contributed by atoms with E-state index in [1.807, 2.05) is 6.92 Å². The summed E-state index contributed by atoms with van der Waals surface area (Å²) >= 11 is 0. The fourth-order valence-corrected chi connectivity index (χ4v) is 1.54. The number of para-hydroxylation sites is 1. The first-order chi connectivity index (χ1) is 9.52. The zero-order valence-electron chi connectivity index (χ0n) is 12.8. The highest BCUT2D eigenvalue weighted by atomic mass is 127. The molecule has 0 aromatic heterocycles. The van der Waals surface area contributed by atoms with Crippen LogP contribution in [0, 0.1) is 11.7 Å². The first-order valence-electron chi connectivity index (χ1n) is 6.97. The molecule has 0 aliphatic heterocycles. The highest BCUT2D eigenvalue weighted by Crippen LogP contribution is 2.17. The zero-order valence-corrected chi connectivity index (χ0v) is 15.1. The lowest BCUT2D eigenvalue weighted by atomic mass is 10.2. The molecule has 0 heterocycles. The predicted octanol–water partition coefficient (Wildman–Crippen LogP) is 3.16. The number of nitrogens with two attached hydrogens (primary N) is 1. The van der Waals surface area contributed by atoms with Gasteiger partial charge in [0.25, 0.3) is 0 Å². The summed E-state index contributed by atoms with van der Waals surface area (Å²) in [7, 11) is 0. The minimum absolute atomic E-state index is 0. The van der Waals surface area contributed by atoms with E-state index in [0.29, 0.717) is 25.0 Å². The summed E-state index contributed by atoms with van der Waals surface area (Å²) in [4.78, 5) is 4.21. The van der Waals surface area contributed by atoms with E-state index in [9.17, 15) is 4.39 Å². The van der Waals surface area contributed by atoms with Gasteiger partial charge in [-0.2, -0.15) is 0 Å². The van der Waals surface area contributed by atoms with Crippen molar-refractivity contribution in [3.05, 3.63) is 30.1 Å². The van der Waals surface area contributed by atoms with E-state index < -0.39 is 0 Å². The van der Waals surface area contributed by atoms with E-state index in [4.69, 9.17) is 10.5 Å². The number of hydrogen-bond acceptors (Lipinski definition) is 2. The highest BCUT2D eigenvalue weighted by molar-refractivity contribution is 14.0. The lowest BCUT2D eigenvalue weighted by Crippen LogP contribution is -2.39. The lowest BCUT2D eigenvalue weighted by Gasteiger charge is -2.18. The summed E-state index contributed by atoms with van der Waals surface area (Å²) in [6.07, 6.45) is 0.596. The molecule has 0 fully saturated rings. The molecule has 1 atom stereocenters. The Morgan fingerprint density at radius 3 is 2.62 bits per heavy atom. The van der Waals surface area contributed by atoms with Gasteiger partial charge in [0.15, 0.2) is 17.5 Å². The Hall–Kier alpha value is -1.05. The van der Waals surface area contributed by atoms with Gasteiger partial charge in [0.05, 0.1) is 6.54 Å². The number of rotatable bonds is 7. The molecule has 6 heteroatoms. The van der Waals surface area contributed by atoms with Gasteiger partial charge in [-0.25, -0.2) is 4.39 Å². The van der Waals surface area contributed by atoms with Gasteiger partial charge in [-0.15, -0.1) is 24.0 Å². The summed E-state index contributed by atoms with van der Waals surface area (Å²) in [6.45, 7) is 7.32. The molecular formula is C15H25FIN3O. The third-order valence-corrected chi connectivity index (χ3v) is 2.72. The molecule has 0 aliphatic rings. The van der Waals surface area contributed by atoms with Crippen LogP contribution < -0.4 is 15.8 Å². The molecule has 0 saturated heterocycles. The van der Waals surface area contributed by atoms with Gasteiger partial charge in [-0.1, -0.05) is 32.9 Å². The Morgan fingerprint density at radius 2 is 2.05 bits per heavy atom. The van der Waals surface area contributed by atoms with E-state index >= 15 is 0 Å². The minimum atomic E-state index is -0.354. The Morgan fingerprint density at radius 1 is 1.38 bits per heavy atom. The van der Waals surface area contributed by atoms with E-state index in [1.54, 1.807) is 18.2 Å². The van der Waals surface area contributed by atoms with Crippen molar-refractivity contribution in [3.8, 4) is 5.75 Å². The smallest absolute Gasteiger partial charge is 0.188 e. The van der Waals surface area contributed by atoms with Crippen molar-refractivity contribution in [1.82, 2.24) is 5.32 Å². The lowest BCUT2D eigenvalue weighted by molar-refractivity contribution is 0.191. The number of halogens is 2. The Balaban J connectivity index is 0.00000400. The van der Waals surface area contributed by atoms with Gasteiger partial charge in [0.2, 0.25) is 0 Å². The summed E-state index contributed by atoms with van der Waals surface area (Å²) in [5.41, 5.74) is 5.76. The maximum atomic E-state index is 13.5. The van der Waals surface area contributed by atoms with Crippen molar-refractivity contribution >= 4 is 29.9 Å². The maximum absolute atomic E-state index is 13.5. The SMILES string of the molecule is CCC(CNC(N)=NCC(C)C)Oc1ccccc1F.I. The summed E-state index contributed by atoms with van der Waals surface area (Å²) in [6, 6.07) is 6.39. The number of nitrogens with one attached hydrogen (secondary N) is 1. The molecule has 0 amide bonds. The molecule has 1 aromatic carbocycles. The number of ether oxygens (including phenoxy) is 1. The largest absolute Gasteiger partial charge is 0.486 e. The number of hydrogen-bond donors (Lipinski definition) is 2. The van der Waals surface area contributed by atoms with Crippen LogP contribution in [0.15, 0.2) is 29.3 Å². The van der Waals surface area contributed by atoms with Crippen LogP contribution in [0.3, 0.4) is 0 Å². The Kier molecular flexibility index (Phi) is 10.1. The van der Waals surface area contributed by atoms with E-state index in [-0.39, 0.29) is 41.6 Å². The topological polar surface area (TPSA) is 59.6 Å². The van der Waals surface area contributed by atoms with Crippen LogP contribution in [0.25, 0.3) is 0 Å². The molecule has 21 heavy (non-hydrogen) atoms. The number of guanidine groups is 1. The van der Waals surface area contributed by atoms with Crippen molar-refractivity contribution in [1.29, 1.82) is 0 Å². The van der Waals surface area contributed by atoms with Crippen LogP contribution in [-0.2, 0) is 0 Å². The molecule has 1 rings (SSSR count). The van der Waals surface area contributed by atoms with Gasteiger partial charge < -0.3 is 15.8 Å². The molecule has 0 radical (unpaired) electrons. The van der Waals surface area contributed by atoms with Gasteiger partial charge in [0, 0.05) is 6.54 Å². The second-order valence-corrected chi connectivity index (χ2v) is 5.08. The molecule has 0 saturated carbocycles. The zero-order chi connectivity index (χ0) is 15.0. The summed E-state index contributed by atoms with van der Waals surface area (Å²) < 4.78 is 19.1. The summed E-state index contributed by atoms with van der Waals surface area (Å²) in [5, 5.41) is 3.01. The van der Waals surface area contributed by atoms with Crippen LogP contribution >= 0.6 is 24.0 Å². The fraction of sp³-hybridized carbons (Fsp3) is 0.533. The first-order valence-corrected chi connectivity index (χ1v) is 6.97. The Labute approximate surface area is 143 Å². The molecule has 0 bridgehead atoms. The van der Waals surface area contributed by atoms with Crippen LogP contribution in [0.2, 0.25) is 0 Å². The van der Waals surface area contributed by atoms with Crippen molar-refractivity contribution in [3.63, 3.8) is 0 Å². The number of nitrogens with zero attached hydrogens (tertiary/aromatic N) is 1. The van der Waals surface area contributed by atoms with Gasteiger partial charge in [-0.05, 0) is 24.5 Å². The molecular weight excluding hydrogens is 384 g/mol. The van der Waals surface area contributed by atoms with E-state index in [1.165, 1.54) is 6.07 Å². The van der Waals surface area contributed by atoms with Crippen LogP contribution in [-0.4, -0.2) is 25.2 Å². The van der Waals surface area contributed by atoms with Crippen LogP contribution in [0.4, 0.5) is 4.39 Å². The molecule has 0 aliphatic carbocycles. The number of benzene rings is 1. The van der Waals surface area contributed by atoms with E-state index in [0.717, 1.165) is 6.42 Å². The monoisotopic (exact) mass is 409 g/mol. The van der Waals surface area contributed by atoms with Crippen molar-refractivity contribution in [2.24, 2.45) is 16.6 Å². The second kappa shape index (κ2) is 10.6. The first kappa shape index (κ1) is 19.9. The quantitative estimate of drug-likeness (QED) is 0.413. The molecule has 4 nitrogen and oxygen atoms in total. The van der Waals surface area contributed by atoms with Gasteiger partial charge in [-0.3, -0.25) is 4.99 Å². The Bertz CT molecular complexity index is 441. The van der Waals surface area contributed by atoms with Crippen molar-refractivity contribution in [2.45, 2.75) is 33.3 Å². The molecule has 3 N–H and O–H groups in total. The normalized spacial score (nSPS) is 12.7. The predicted molar refractivity (Wildman–Crippen MR) is 95.9 cm³/mol. The highest BCUT2D eigenvalue weighted by Gasteiger charge is 2.11. The molecule has 1 unspecified atom stereocenters. The summed E-state index contributed by atoms with van der Waals surface area (Å²) in [5.74, 6) is 0.771. The molecule has 120 valence electrons. The fourth-order valence-electron chi connectivity index (χ4n) is 1.54. The molecule has 0 spiro atoms. The maximum Gasteiger partial charge on any atom is 0.188 e. The second-order valence-electron chi connectivity index (χ2n) is 5.08. The third-order valence-electron chi connectivity index (χ3n) is 2.72. The minimum Gasteiger partial charge on any atom is -0.486 e. The number of aliphatic imine (C=N–C) groups is 1. The average Bonchev–Trinajstić information content (AvgIpc) is 2.43.